The molecule has 2 N–H and O–H groups in total. The third-order valence-corrected chi connectivity index (χ3v) is 3.18. The van der Waals surface area contributed by atoms with Crippen molar-refractivity contribution in [2.75, 3.05) is 5.43 Å². The number of phenolic OH excluding ortho intramolecular Hbond substituents is 1. The minimum Gasteiger partial charge on any atom is -0.502 e. The van der Waals surface area contributed by atoms with Crippen LogP contribution in [0.4, 0.5) is 11.4 Å². The highest BCUT2D eigenvalue weighted by atomic mass is 35.5. The standard InChI is InChI=1S/C14H12ClN3O3/c1-9-2-4-11(7-12(9)15)17-16-8-10-3-5-14(19)13(6-10)18(20)21/h2-8,17,19H,1H3. The van der Waals surface area contributed by atoms with Crippen LogP contribution in [0.5, 0.6) is 5.75 Å². The molecule has 0 spiro atoms. The molecule has 2 aromatic rings. The molecule has 7 heteroatoms. The first-order chi connectivity index (χ1) is 9.97. The summed E-state index contributed by atoms with van der Waals surface area (Å²) in [6.45, 7) is 1.89. The number of aromatic hydroxyl groups is 1. The van der Waals surface area contributed by atoms with Gasteiger partial charge in [0.2, 0.25) is 0 Å². The molecule has 2 aromatic carbocycles. The second kappa shape index (κ2) is 6.23. The number of nitrogens with one attached hydrogen (secondary N) is 1. The Morgan fingerprint density at radius 2 is 2.10 bits per heavy atom. The Morgan fingerprint density at radius 3 is 2.76 bits per heavy atom. The first-order valence-electron chi connectivity index (χ1n) is 6.00. The highest BCUT2D eigenvalue weighted by Crippen LogP contribution is 2.25. The number of aryl methyl sites for hydroxylation is 1. The molecule has 0 aromatic heterocycles. The summed E-state index contributed by atoms with van der Waals surface area (Å²) in [5, 5.41) is 24.7. The molecule has 0 aliphatic carbocycles. The van der Waals surface area contributed by atoms with Crippen molar-refractivity contribution in [3.8, 4) is 5.75 Å². The molecule has 0 saturated carbocycles. The predicted molar refractivity (Wildman–Crippen MR) is 82.2 cm³/mol. The van der Waals surface area contributed by atoms with Crippen LogP contribution in [0.25, 0.3) is 0 Å². The molecule has 0 saturated heterocycles. The number of nitro groups is 1. The van der Waals surface area contributed by atoms with Gasteiger partial charge in [-0.1, -0.05) is 17.7 Å². The van der Waals surface area contributed by atoms with Crippen molar-refractivity contribution in [2.45, 2.75) is 6.92 Å². The van der Waals surface area contributed by atoms with E-state index in [4.69, 9.17) is 11.6 Å². The van der Waals surface area contributed by atoms with Crippen molar-refractivity contribution in [2.24, 2.45) is 5.10 Å². The molecule has 0 bridgehead atoms. The lowest BCUT2D eigenvalue weighted by Crippen LogP contribution is -1.93. The lowest BCUT2D eigenvalue weighted by Gasteiger charge is -2.03. The van der Waals surface area contributed by atoms with Gasteiger partial charge in [0.15, 0.2) is 5.75 Å². The number of hydrogen-bond acceptors (Lipinski definition) is 5. The Balaban J connectivity index is 2.12. The van der Waals surface area contributed by atoms with Gasteiger partial charge in [0.05, 0.1) is 16.8 Å². The van der Waals surface area contributed by atoms with Gasteiger partial charge in [-0.3, -0.25) is 15.5 Å². The number of nitrogens with zero attached hydrogens (tertiary/aromatic N) is 2. The largest absolute Gasteiger partial charge is 0.502 e. The van der Waals surface area contributed by atoms with E-state index in [9.17, 15) is 15.2 Å². The molecule has 0 aliphatic rings. The number of phenols is 1. The quantitative estimate of drug-likeness (QED) is 0.512. The van der Waals surface area contributed by atoms with Gasteiger partial charge in [-0.05, 0) is 36.8 Å². The van der Waals surface area contributed by atoms with Crippen molar-refractivity contribution in [1.82, 2.24) is 0 Å². The van der Waals surface area contributed by atoms with E-state index in [0.717, 1.165) is 5.56 Å². The zero-order valence-corrected chi connectivity index (χ0v) is 11.8. The van der Waals surface area contributed by atoms with Crippen molar-refractivity contribution < 1.29 is 10.0 Å². The summed E-state index contributed by atoms with van der Waals surface area (Å²) >= 11 is 5.99. The van der Waals surface area contributed by atoms with Crippen LogP contribution in [-0.4, -0.2) is 16.2 Å². The van der Waals surface area contributed by atoms with Gasteiger partial charge in [0, 0.05) is 16.7 Å². The zero-order chi connectivity index (χ0) is 15.4. The third kappa shape index (κ3) is 3.70. The van der Waals surface area contributed by atoms with Gasteiger partial charge < -0.3 is 5.11 Å². The maximum absolute atomic E-state index is 10.7. The topological polar surface area (TPSA) is 87.8 Å². The van der Waals surface area contributed by atoms with Gasteiger partial charge in [-0.2, -0.15) is 5.10 Å². The lowest BCUT2D eigenvalue weighted by atomic mass is 10.2. The molecule has 0 heterocycles. The summed E-state index contributed by atoms with van der Waals surface area (Å²) in [7, 11) is 0. The summed E-state index contributed by atoms with van der Waals surface area (Å²) < 4.78 is 0. The first-order valence-corrected chi connectivity index (χ1v) is 6.38. The molecule has 0 aliphatic heterocycles. The van der Waals surface area contributed by atoms with Gasteiger partial charge in [-0.25, -0.2) is 0 Å². The van der Waals surface area contributed by atoms with E-state index >= 15 is 0 Å². The number of nitro benzene ring substituents is 1. The van der Waals surface area contributed by atoms with Crippen LogP contribution >= 0.6 is 11.6 Å². The van der Waals surface area contributed by atoms with E-state index in [0.29, 0.717) is 16.3 Å². The average molecular weight is 306 g/mol. The molecule has 0 unspecified atom stereocenters. The molecular weight excluding hydrogens is 294 g/mol. The monoisotopic (exact) mass is 305 g/mol. The average Bonchev–Trinajstić information content (AvgIpc) is 2.44. The summed E-state index contributed by atoms with van der Waals surface area (Å²) in [5.41, 5.74) is 4.57. The second-order valence-corrected chi connectivity index (χ2v) is 4.75. The van der Waals surface area contributed by atoms with E-state index in [2.05, 4.69) is 10.5 Å². The molecular formula is C14H12ClN3O3. The van der Waals surface area contributed by atoms with Crippen LogP contribution in [0.1, 0.15) is 11.1 Å². The Morgan fingerprint density at radius 1 is 1.33 bits per heavy atom. The van der Waals surface area contributed by atoms with Crippen LogP contribution in [0.15, 0.2) is 41.5 Å². The Kier molecular flexibility index (Phi) is 4.39. The maximum Gasteiger partial charge on any atom is 0.311 e. The smallest absolute Gasteiger partial charge is 0.311 e. The highest BCUT2D eigenvalue weighted by Gasteiger charge is 2.12. The molecule has 21 heavy (non-hydrogen) atoms. The second-order valence-electron chi connectivity index (χ2n) is 4.34. The number of hydrazone groups is 1. The summed E-state index contributed by atoms with van der Waals surface area (Å²) in [6, 6.07) is 9.41. The normalized spacial score (nSPS) is 10.8. The van der Waals surface area contributed by atoms with E-state index in [1.54, 1.807) is 6.07 Å². The zero-order valence-electron chi connectivity index (χ0n) is 11.1. The van der Waals surface area contributed by atoms with Crippen LogP contribution in [0.2, 0.25) is 5.02 Å². The van der Waals surface area contributed by atoms with Crippen LogP contribution in [-0.2, 0) is 0 Å². The maximum atomic E-state index is 10.7. The van der Waals surface area contributed by atoms with Crippen LogP contribution in [0.3, 0.4) is 0 Å². The molecule has 2 rings (SSSR count). The van der Waals surface area contributed by atoms with Gasteiger partial charge >= 0.3 is 5.69 Å². The minimum atomic E-state index is -0.653. The number of benzene rings is 2. The Hall–Kier alpha value is -2.60. The van der Waals surface area contributed by atoms with Crippen LogP contribution in [0, 0.1) is 17.0 Å². The molecule has 0 amide bonds. The summed E-state index contributed by atoms with van der Waals surface area (Å²) in [4.78, 5) is 10.1. The SMILES string of the molecule is Cc1ccc(NN=Cc2ccc(O)c([N+](=O)[O-])c2)cc1Cl. The molecule has 108 valence electrons. The van der Waals surface area contributed by atoms with Gasteiger partial charge in [-0.15, -0.1) is 0 Å². The molecule has 6 nitrogen and oxygen atoms in total. The number of rotatable bonds is 4. The van der Waals surface area contributed by atoms with Crippen molar-refractivity contribution in [1.29, 1.82) is 0 Å². The number of anilines is 1. The van der Waals surface area contributed by atoms with E-state index < -0.39 is 4.92 Å². The van der Waals surface area contributed by atoms with Crippen molar-refractivity contribution >= 4 is 29.2 Å². The van der Waals surface area contributed by atoms with Gasteiger partial charge in [0.25, 0.3) is 0 Å². The Labute approximate surface area is 125 Å². The summed E-state index contributed by atoms with van der Waals surface area (Å²) in [6.07, 6.45) is 1.42. The summed E-state index contributed by atoms with van der Waals surface area (Å²) in [5.74, 6) is -0.379. The fourth-order valence-electron chi connectivity index (χ4n) is 1.61. The lowest BCUT2D eigenvalue weighted by molar-refractivity contribution is -0.385. The van der Waals surface area contributed by atoms with Crippen molar-refractivity contribution in [3.05, 3.63) is 62.7 Å². The molecule has 0 radical (unpaired) electrons. The van der Waals surface area contributed by atoms with Crippen LogP contribution < -0.4 is 5.43 Å². The fraction of sp³-hybridized carbons (Fsp3) is 0.0714. The van der Waals surface area contributed by atoms with E-state index in [1.165, 1.54) is 24.4 Å². The van der Waals surface area contributed by atoms with Crippen molar-refractivity contribution in [3.63, 3.8) is 0 Å². The number of halogens is 1. The fourth-order valence-corrected chi connectivity index (χ4v) is 1.79. The molecule has 0 fully saturated rings. The van der Waals surface area contributed by atoms with E-state index in [1.807, 2.05) is 19.1 Å². The van der Waals surface area contributed by atoms with E-state index in [-0.39, 0.29) is 11.4 Å². The highest BCUT2D eigenvalue weighted by molar-refractivity contribution is 6.31. The minimum absolute atomic E-state index is 0.364. The molecule has 0 atom stereocenters. The van der Waals surface area contributed by atoms with Gasteiger partial charge in [0.1, 0.15) is 0 Å². The Bertz CT molecular complexity index is 717. The third-order valence-electron chi connectivity index (χ3n) is 2.78. The predicted octanol–water partition coefficient (Wildman–Crippen LogP) is 3.71. The first kappa shape index (κ1) is 14.8. The number of hydrogen-bond donors (Lipinski definition) is 2.